The average molecular weight is 203 g/mol. The lowest BCUT2D eigenvalue weighted by molar-refractivity contribution is -0.143. The predicted octanol–water partition coefficient (Wildman–Crippen LogP) is -0.0717. The summed E-state index contributed by atoms with van der Waals surface area (Å²) in [6, 6.07) is -0.0400. The molecule has 0 aromatic carbocycles. The zero-order chi connectivity index (χ0) is 10.6. The highest BCUT2D eigenvalue weighted by Crippen LogP contribution is 2.18. The van der Waals surface area contributed by atoms with E-state index in [1.54, 1.807) is 0 Å². The van der Waals surface area contributed by atoms with Gasteiger partial charge in [-0.2, -0.15) is 0 Å². The SMILES string of the molecule is COC(=O)N1CCC1COCC(=O)O. The fraction of sp³-hybridized carbons (Fsp3) is 0.750. The van der Waals surface area contributed by atoms with Gasteiger partial charge in [-0.15, -0.1) is 0 Å². The zero-order valence-corrected chi connectivity index (χ0v) is 7.93. The maximum atomic E-state index is 11.0. The molecule has 1 aliphatic rings. The van der Waals surface area contributed by atoms with Crippen LogP contribution >= 0.6 is 0 Å². The number of aliphatic carboxylic acids is 1. The quantitative estimate of drug-likeness (QED) is 0.692. The highest BCUT2D eigenvalue weighted by molar-refractivity contribution is 5.69. The summed E-state index contributed by atoms with van der Waals surface area (Å²) in [7, 11) is 1.32. The summed E-state index contributed by atoms with van der Waals surface area (Å²) >= 11 is 0. The monoisotopic (exact) mass is 203 g/mol. The number of carbonyl (C=O) groups excluding carboxylic acids is 1. The third-order valence-electron chi connectivity index (χ3n) is 2.09. The number of carboxylic acids is 1. The molecule has 1 rings (SSSR count). The van der Waals surface area contributed by atoms with E-state index < -0.39 is 5.97 Å². The Labute approximate surface area is 81.4 Å². The van der Waals surface area contributed by atoms with Gasteiger partial charge in [-0.05, 0) is 6.42 Å². The molecule has 0 aromatic heterocycles. The number of nitrogens with zero attached hydrogens (tertiary/aromatic N) is 1. The molecule has 1 heterocycles. The van der Waals surface area contributed by atoms with Crippen LogP contribution in [0.25, 0.3) is 0 Å². The maximum Gasteiger partial charge on any atom is 0.409 e. The molecule has 0 aromatic rings. The molecular formula is C8H13NO5. The van der Waals surface area contributed by atoms with Gasteiger partial charge in [-0.3, -0.25) is 0 Å². The molecule has 0 spiro atoms. The van der Waals surface area contributed by atoms with E-state index in [-0.39, 0.29) is 25.3 Å². The first-order valence-corrected chi connectivity index (χ1v) is 4.29. The summed E-state index contributed by atoms with van der Waals surface area (Å²) < 4.78 is 9.40. The normalized spacial score (nSPS) is 20.1. The summed E-state index contributed by atoms with van der Waals surface area (Å²) in [5.41, 5.74) is 0. The van der Waals surface area contributed by atoms with E-state index in [4.69, 9.17) is 9.84 Å². The average Bonchev–Trinajstić information content (AvgIpc) is 2.09. The van der Waals surface area contributed by atoms with E-state index in [1.165, 1.54) is 12.0 Å². The number of hydrogen-bond donors (Lipinski definition) is 1. The Morgan fingerprint density at radius 3 is 2.71 bits per heavy atom. The van der Waals surface area contributed by atoms with Crippen molar-refractivity contribution in [2.45, 2.75) is 12.5 Å². The minimum atomic E-state index is -1.01. The maximum absolute atomic E-state index is 11.0. The Morgan fingerprint density at radius 2 is 2.29 bits per heavy atom. The molecule has 14 heavy (non-hydrogen) atoms. The number of carbonyl (C=O) groups is 2. The van der Waals surface area contributed by atoms with Crippen molar-refractivity contribution in [1.29, 1.82) is 0 Å². The molecular weight excluding hydrogens is 190 g/mol. The third kappa shape index (κ3) is 2.59. The van der Waals surface area contributed by atoms with Crippen LogP contribution in [-0.4, -0.2) is 55.0 Å². The van der Waals surface area contributed by atoms with Crippen LogP contribution in [0, 0.1) is 0 Å². The molecule has 6 nitrogen and oxygen atoms in total. The molecule has 6 heteroatoms. The van der Waals surface area contributed by atoms with Crippen LogP contribution in [0.15, 0.2) is 0 Å². The van der Waals surface area contributed by atoms with E-state index in [0.29, 0.717) is 6.54 Å². The van der Waals surface area contributed by atoms with E-state index >= 15 is 0 Å². The van der Waals surface area contributed by atoms with Gasteiger partial charge in [0.25, 0.3) is 0 Å². The van der Waals surface area contributed by atoms with Crippen molar-refractivity contribution in [2.75, 3.05) is 26.9 Å². The molecule has 1 fully saturated rings. The van der Waals surface area contributed by atoms with Gasteiger partial charge in [0.1, 0.15) is 6.61 Å². The number of rotatable bonds is 4. The molecule has 0 saturated carbocycles. The fourth-order valence-electron chi connectivity index (χ4n) is 1.25. The second-order valence-electron chi connectivity index (χ2n) is 3.01. The highest BCUT2D eigenvalue weighted by Gasteiger charge is 2.32. The van der Waals surface area contributed by atoms with Crippen molar-refractivity contribution in [3.8, 4) is 0 Å². The number of likely N-dealkylation sites (tertiary alicyclic amines) is 1. The summed E-state index contributed by atoms with van der Waals surface area (Å²) in [6.45, 7) is 0.570. The first-order valence-electron chi connectivity index (χ1n) is 4.29. The number of methoxy groups -OCH3 is 1. The van der Waals surface area contributed by atoms with Gasteiger partial charge in [-0.25, -0.2) is 9.59 Å². The minimum absolute atomic E-state index is 0.0400. The van der Waals surface area contributed by atoms with Crippen LogP contribution in [0.5, 0.6) is 0 Å². The lowest BCUT2D eigenvalue weighted by Gasteiger charge is -2.39. The highest BCUT2D eigenvalue weighted by atomic mass is 16.5. The van der Waals surface area contributed by atoms with Gasteiger partial charge in [0, 0.05) is 6.54 Å². The van der Waals surface area contributed by atoms with Crippen LogP contribution < -0.4 is 0 Å². The topological polar surface area (TPSA) is 76.1 Å². The van der Waals surface area contributed by atoms with Gasteiger partial charge >= 0.3 is 12.1 Å². The van der Waals surface area contributed by atoms with Crippen molar-refractivity contribution in [3.05, 3.63) is 0 Å². The van der Waals surface area contributed by atoms with Gasteiger partial charge in [-0.1, -0.05) is 0 Å². The summed E-state index contributed by atoms with van der Waals surface area (Å²) in [6.07, 6.45) is 0.439. The summed E-state index contributed by atoms with van der Waals surface area (Å²) in [5.74, 6) is -1.01. The van der Waals surface area contributed by atoms with E-state index in [1.807, 2.05) is 0 Å². The van der Waals surface area contributed by atoms with Gasteiger partial charge in [0.15, 0.2) is 0 Å². The Kier molecular flexibility index (Phi) is 3.70. The second-order valence-corrected chi connectivity index (χ2v) is 3.01. The number of amides is 1. The van der Waals surface area contributed by atoms with E-state index in [0.717, 1.165) is 6.42 Å². The van der Waals surface area contributed by atoms with Crippen LogP contribution in [-0.2, 0) is 14.3 Å². The van der Waals surface area contributed by atoms with Crippen LogP contribution in [0.2, 0.25) is 0 Å². The Bertz CT molecular complexity index is 230. The first kappa shape index (κ1) is 10.8. The minimum Gasteiger partial charge on any atom is -0.480 e. The van der Waals surface area contributed by atoms with E-state index in [2.05, 4.69) is 4.74 Å². The zero-order valence-electron chi connectivity index (χ0n) is 7.93. The van der Waals surface area contributed by atoms with Crippen molar-refractivity contribution < 1.29 is 24.2 Å². The molecule has 1 N–H and O–H groups in total. The lowest BCUT2D eigenvalue weighted by atomic mass is 10.1. The number of carboxylic acid groups (broad SMARTS) is 1. The molecule has 80 valence electrons. The molecule has 1 unspecified atom stereocenters. The number of hydrogen-bond acceptors (Lipinski definition) is 4. The molecule has 0 aliphatic carbocycles. The summed E-state index contributed by atoms with van der Waals surface area (Å²) in [4.78, 5) is 22.7. The van der Waals surface area contributed by atoms with Crippen LogP contribution in [0.4, 0.5) is 4.79 Å². The smallest absolute Gasteiger partial charge is 0.409 e. The fourth-order valence-corrected chi connectivity index (χ4v) is 1.25. The van der Waals surface area contributed by atoms with Crippen molar-refractivity contribution >= 4 is 12.1 Å². The molecule has 0 bridgehead atoms. The Balaban J connectivity index is 2.19. The van der Waals surface area contributed by atoms with E-state index in [9.17, 15) is 9.59 Å². The molecule has 1 atom stereocenters. The van der Waals surface area contributed by atoms with Gasteiger partial charge in [0.05, 0.1) is 19.8 Å². The molecule has 1 aliphatic heterocycles. The van der Waals surface area contributed by atoms with Crippen molar-refractivity contribution in [2.24, 2.45) is 0 Å². The van der Waals surface area contributed by atoms with Crippen LogP contribution in [0.3, 0.4) is 0 Å². The molecule has 0 radical (unpaired) electrons. The van der Waals surface area contributed by atoms with Crippen LogP contribution in [0.1, 0.15) is 6.42 Å². The lowest BCUT2D eigenvalue weighted by Crippen LogP contribution is -2.53. The molecule has 1 saturated heterocycles. The van der Waals surface area contributed by atoms with Crippen molar-refractivity contribution in [1.82, 2.24) is 4.90 Å². The second kappa shape index (κ2) is 4.80. The van der Waals surface area contributed by atoms with Gasteiger partial charge in [0.2, 0.25) is 0 Å². The Hall–Kier alpha value is -1.30. The summed E-state index contributed by atoms with van der Waals surface area (Å²) in [5, 5.41) is 8.31. The predicted molar refractivity (Wildman–Crippen MR) is 46.0 cm³/mol. The Morgan fingerprint density at radius 1 is 1.57 bits per heavy atom. The van der Waals surface area contributed by atoms with Gasteiger partial charge < -0.3 is 19.5 Å². The first-order chi connectivity index (χ1) is 6.65. The molecule has 1 amide bonds. The van der Waals surface area contributed by atoms with Crippen molar-refractivity contribution in [3.63, 3.8) is 0 Å². The third-order valence-corrected chi connectivity index (χ3v) is 2.09. The number of ether oxygens (including phenoxy) is 2. The largest absolute Gasteiger partial charge is 0.480 e. The standard InChI is InChI=1S/C8H13NO5/c1-13-8(12)9-3-2-6(9)4-14-5-7(10)11/h6H,2-5H2,1H3,(H,10,11).